The van der Waals surface area contributed by atoms with E-state index >= 15 is 8.78 Å². The van der Waals surface area contributed by atoms with Gasteiger partial charge in [0.15, 0.2) is 0 Å². The van der Waals surface area contributed by atoms with E-state index in [1.165, 1.54) is 0 Å². The Morgan fingerprint density at radius 2 is 1.86 bits per heavy atom. The molecule has 1 aromatic carbocycles. The number of carbonyl (C=O) groups excluding carboxylic acids is 3. The summed E-state index contributed by atoms with van der Waals surface area (Å²) in [7, 11) is 0. The minimum atomic E-state index is -3.41. The van der Waals surface area contributed by atoms with Gasteiger partial charge < -0.3 is 4.74 Å². The zero-order chi connectivity index (χ0) is 25.8. The van der Waals surface area contributed by atoms with Gasteiger partial charge in [-0.25, -0.2) is 0 Å². The molecular formula is C29H40F2O4. The molecule has 35 heavy (non-hydrogen) atoms. The molecule has 1 saturated carbocycles. The Morgan fingerprint density at radius 3 is 2.51 bits per heavy atom. The summed E-state index contributed by atoms with van der Waals surface area (Å²) in [6.07, 6.45) is 6.92. The lowest BCUT2D eigenvalue weighted by Gasteiger charge is -2.34. The minimum Gasteiger partial charge on any atom is -0.461 e. The van der Waals surface area contributed by atoms with Gasteiger partial charge in [-0.1, -0.05) is 63.3 Å². The molecule has 0 spiro atoms. The Bertz CT molecular complexity index is 847. The molecule has 0 bridgehead atoms. The molecule has 0 amide bonds. The highest BCUT2D eigenvalue weighted by molar-refractivity contribution is 5.87. The van der Waals surface area contributed by atoms with Crippen LogP contribution in [0.4, 0.5) is 8.78 Å². The van der Waals surface area contributed by atoms with Crippen LogP contribution in [0.3, 0.4) is 0 Å². The number of alkyl halides is 2. The number of unbranched alkanes of at least 4 members (excludes halogenated alkanes) is 1. The lowest BCUT2D eigenvalue weighted by atomic mass is 9.73. The largest absolute Gasteiger partial charge is 0.461 e. The second-order valence-electron chi connectivity index (χ2n) is 10.1. The first kappa shape index (κ1) is 28.9. The molecule has 194 valence electrons. The van der Waals surface area contributed by atoms with Crippen molar-refractivity contribution in [1.82, 2.24) is 0 Å². The number of carbonyl (C=O) groups is 3. The number of halogens is 2. The Balaban J connectivity index is 1.87. The van der Waals surface area contributed by atoms with Crippen molar-refractivity contribution in [3.8, 4) is 0 Å². The van der Waals surface area contributed by atoms with Crippen molar-refractivity contribution in [3.63, 3.8) is 0 Å². The zero-order valence-corrected chi connectivity index (χ0v) is 21.3. The number of ether oxygens (including phenoxy) is 1. The number of rotatable bonds is 15. The number of ketones is 2. The quantitative estimate of drug-likeness (QED) is 0.149. The van der Waals surface area contributed by atoms with Crippen LogP contribution < -0.4 is 0 Å². The molecule has 1 fully saturated rings. The number of hydrogen-bond acceptors (Lipinski definition) is 4. The van der Waals surface area contributed by atoms with Crippen molar-refractivity contribution in [2.45, 2.75) is 91.1 Å². The highest BCUT2D eigenvalue weighted by atomic mass is 19.3. The third-order valence-electron chi connectivity index (χ3n) is 6.76. The van der Waals surface area contributed by atoms with Gasteiger partial charge in [0.25, 0.3) is 0 Å². The molecule has 1 unspecified atom stereocenters. The Labute approximate surface area is 208 Å². The van der Waals surface area contributed by atoms with Gasteiger partial charge in [0.2, 0.25) is 5.78 Å². The van der Waals surface area contributed by atoms with E-state index in [9.17, 15) is 14.4 Å². The van der Waals surface area contributed by atoms with Crippen LogP contribution >= 0.6 is 0 Å². The molecule has 0 aromatic heterocycles. The molecule has 0 N–H and O–H groups in total. The van der Waals surface area contributed by atoms with Gasteiger partial charge in [0.05, 0.1) is 0 Å². The number of Topliss-reactive ketones (excluding diaryl/α,β-unsaturated/α-hetero) is 2. The minimum absolute atomic E-state index is 0.00819. The first-order chi connectivity index (χ1) is 16.7. The number of allylic oxidation sites excluding steroid dienone is 2. The van der Waals surface area contributed by atoms with Crippen LogP contribution in [0, 0.1) is 23.7 Å². The van der Waals surface area contributed by atoms with Crippen molar-refractivity contribution in [2.24, 2.45) is 23.7 Å². The molecule has 1 aromatic rings. The van der Waals surface area contributed by atoms with Gasteiger partial charge in [-0.3, -0.25) is 14.4 Å². The van der Waals surface area contributed by atoms with Crippen molar-refractivity contribution in [1.29, 1.82) is 0 Å². The van der Waals surface area contributed by atoms with Crippen LogP contribution in [0.5, 0.6) is 0 Å². The van der Waals surface area contributed by atoms with E-state index in [0.29, 0.717) is 44.9 Å². The highest BCUT2D eigenvalue weighted by Crippen LogP contribution is 2.46. The highest BCUT2D eigenvalue weighted by Gasteiger charge is 2.53. The molecule has 0 heterocycles. The van der Waals surface area contributed by atoms with Crippen molar-refractivity contribution in [2.75, 3.05) is 0 Å². The summed E-state index contributed by atoms with van der Waals surface area (Å²) in [5.74, 6) is -6.72. The van der Waals surface area contributed by atoms with Crippen LogP contribution in [0.2, 0.25) is 0 Å². The maximum Gasteiger partial charge on any atom is 0.308 e. The van der Waals surface area contributed by atoms with E-state index in [1.54, 1.807) is 6.92 Å². The topological polar surface area (TPSA) is 60.4 Å². The summed E-state index contributed by atoms with van der Waals surface area (Å²) in [5, 5.41) is 0. The van der Waals surface area contributed by atoms with Gasteiger partial charge in [-0.15, -0.1) is 0 Å². The second-order valence-corrected chi connectivity index (χ2v) is 10.1. The molecule has 1 aliphatic carbocycles. The molecule has 4 nitrogen and oxygen atoms in total. The lowest BCUT2D eigenvalue weighted by Crippen LogP contribution is -2.43. The van der Waals surface area contributed by atoms with E-state index in [0.717, 1.165) is 5.56 Å². The summed E-state index contributed by atoms with van der Waals surface area (Å²) in [6, 6.07) is 9.48. The Kier molecular flexibility index (Phi) is 11.8. The predicted octanol–water partition coefficient (Wildman–Crippen LogP) is 7.11. The molecule has 1 aliphatic rings. The van der Waals surface area contributed by atoms with E-state index in [1.807, 2.05) is 56.3 Å². The molecule has 3 atom stereocenters. The van der Waals surface area contributed by atoms with Crippen LogP contribution in [-0.4, -0.2) is 23.5 Å². The fourth-order valence-electron chi connectivity index (χ4n) is 4.96. The maximum atomic E-state index is 15.2. The van der Waals surface area contributed by atoms with Gasteiger partial charge in [-0.2, -0.15) is 8.78 Å². The molecule has 0 aliphatic heterocycles. The van der Waals surface area contributed by atoms with E-state index < -0.39 is 29.5 Å². The third-order valence-corrected chi connectivity index (χ3v) is 6.76. The average Bonchev–Trinajstić information content (AvgIpc) is 3.18. The SMILES string of the molecule is CCCC(=O)C(F)(F)C(CC(C)C)[C@@H]1CCC(=O)[C@@H]1C/C=C\CCCC(=O)OCc1ccccc1. The van der Waals surface area contributed by atoms with Crippen LogP contribution in [0.25, 0.3) is 0 Å². The summed E-state index contributed by atoms with van der Waals surface area (Å²) in [6.45, 7) is 5.73. The molecule has 0 saturated heterocycles. The molecule has 2 rings (SSSR count). The first-order valence-electron chi connectivity index (χ1n) is 12.9. The Hall–Kier alpha value is -2.37. The van der Waals surface area contributed by atoms with Crippen molar-refractivity contribution in [3.05, 3.63) is 48.0 Å². The summed E-state index contributed by atoms with van der Waals surface area (Å²) >= 11 is 0. The fourth-order valence-corrected chi connectivity index (χ4v) is 4.96. The summed E-state index contributed by atoms with van der Waals surface area (Å²) < 4.78 is 35.7. The van der Waals surface area contributed by atoms with Gasteiger partial charge in [0.1, 0.15) is 12.4 Å². The molecule has 0 radical (unpaired) electrons. The van der Waals surface area contributed by atoms with E-state index in [4.69, 9.17) is 4.74 Å². The number of benzene rings is 1. The lowest BCUT2D eigenvalue weighted by molar-refractivity contribution is -0.158. The predicted molar refractivity (Wildman–Crippen MR) is 133 cm³/mol. The molecular weight excluding hydrogens is 450 g/mol. The first-order valence-corrected chi connectivity index (χ1v) is 12.9. The summed E-state index contributed by atoms with van der Waals surface area (Å²) in [4.78, 5) is 36.7. The molecule has 6 heteroatoms. The van der Waals surface area contributed by atoms with E-state index in [2.05, 4.69) is 0 Å². The van der Waals surface area contributed by atoms with Crippen LogP contribution in [0.1, 0.15) is 84.1 Å². The normalized spacial score (nSPS) is 19.4. The van der Waals surface area contributed by atoms with Gasteiger partial charge in [-0.05, 0) is 55.9 Å². The summed E-state index contributed by atoms with van der Waals surface area (Å²) in [5.41, 5.74) is 0.939. The van der Waals surface area contributed by atoms with Gasteiger partial charge >= 0.3 is 11.9 Å². The maximum absolute atomic E-state index is 15.2. The zero-order valence-electron chi connectivity index (χ0n) is 21.3. The monoisotopic (exact) mass is 490 g/mol. The average molecular weight is 491 g/mol. The van der Waals surface area contributed by atoms with E-state index in [-0.39, 0.29) is 37.1 Å². The fraction of sp³-hybridized carbons (Fsp3) is 0.621. The smallest absolute Gasteiger partial charge is 0.308 e. The number of esters is 1. The van der Waals surface area contributed by atoms with Gasteiger partial charge in [0, 0.05) is 31.1 Å². The third kappa shape index (κ3) is 8.97. The van der Waals surface area contributed by atoms with Crippen LogP contribution in [0.15, 0.2) is 42.5 Å². The van der Waals surface area contributed by atoms with Crippen LogP contribution in [-0.2, 0) is 25.7 Å². The Morgan fingerprint density at radius 1 is 1.14 bits per heavy atom. The number of hydrogen-bond donors (Lipinski definition) is 0. The van der Waals surface area contributed by atoms with Crippen molar-refractivity contribution < 1.29 is 27.9 Å². The second kappa shape index (κ2) is 14.3. The van der Waals surface area contributed by atoms with Crippen molar-refractivity contribution >= 4 is 17.5 Å². The standard InChI is InChI=1S/C29H40F2O4/c1-4-12-27(33)29(30,31)25(19-21(2)3)23-17-18-26(32)24(23)15-10-5-6-11-16-28(34)35-20-22-13-8-7-9-14-22/h5,7-10,13-14,21,23-25H,4,6,11-12,15-20H2,1-3H3/b10-5-/t23-,24-,25?/m1/s1.